The first kappa shape index (κ1) is 9.02. The summed E-state index contributed by atoms with van der Waals surface area (Å²) in [6, 6.07) is 4.17. The third-order valence-electron chi connectivity index (χ3n) is 1.91. The molecule has 1 aromatic heterocycles. The van der Waals surface area contributed by atoms with Gasteiger partial charge in [0.05, 0.1) is 10.5 Å². The average molecular weight is 212 g/mol. The molecule has 0 bridgehead atoms. The fraction of sp³-hybridized carbons (Fsp3) is 0. The number of benzene rings is 1. The monoisotopic (exact) mass is 211 g/mol. The number of nitrogens with two attached hydrogens (primary N) is 2. The van der Waals surface area contributed by atoms with Gasteiger partial charge in [0.2, 0.25) is 0 Å². The number of fused-ring (bicyclic) bond motifs is 1. The Morgan fingerprint density at radius 2 is 2.00 bits per heavy atom. The zero-order valence-corrected chi connectivity index (χ0v) is 7.85. The molecular weight excluding hydrogens is 205 g/mol. The molecular formula is C9H7ClFN3. The lowest BCUT2D eigenvalue weighted by Crippen LogP contribution is -1.96. The predicted octanol–water partition coefficient (Wildman–Crippen LogP) is 2.19. The highest BCUT2D eigenvalue weighted by atomic mass is 35.5. The molecule has 0 aliphatic carbocycles. The fourth-order valence-electron chi connectivity index (χ4n) is 1.31. The molecule has 3 nitrogen and oxygen atoms in total. The van der Waals surface area contributed by atoms with Gasteiger partial charge >= 0.3 is 0 Å². The normalized spacial score (nSPS) is 10.7. The number of rotatable bonds is 0. The van der Waals surface area contributed by atoms with Gasteiger partial charge in [-0.15, -0.1) is 0 Å². The first-order chi connectivity index (χ1) is 6.59. The molecule has 2 aromatic rings. The number of pyridine rings is 1. The minimum atomic E-state index is -0.516. The van der Waals surface area contributed by atoms with E-state index in [4.69, 9.17) is 23.1 Å². The number of nitrogens with zero attached hydrogens (tertiary/aromatic N) is 1. The summed E-state index contributed by atoms with van der Waals surface area (Å²) in [6.07, 6.45) is 0. The molecule has 0 radical (unpaired) electrons. The third kappa shape index (κ3) is 1.24. The van der Waals surface area contributed by atoms with Crippen molar-refractivity contribution in [2.45, 2.75) is 0 Å². The summed E-state index contributed by atoms with van der Waals surface area (Å²) < 4.78 is 13.1. The Hall–Kier alpha value is -1.55. The van der Waals surface area contributed by atoms with Crippen LogP contribution in [0.5, 0.6) is 0 Å². The number of hydrogen-bond acceptors (Lipinski definition) is 3. The third-order valence-corrected chi connectivity index (χ3v) is 2.28. The number of anilines is 2. The molecule has 5 heteroatoms. The van der Waals surface area contributed by atoms with Crippen LogP contribution in [0.4, 0.5) is 15.9 Å². The van der Waals surface area contributed by atoms with Crippen LogP contribution in [0, 0.1) is 5.82 Å². The zero-order chi connectivity index (χ0) is 10.3. The van der Waals surface area contributed by atoms with Crippen LogP contribution in [0.3, 0.4) is 0 Å². The van der Waals surface area contributed by atoms with Crippen LogP contribution >= 0.6 is 11.6 Å². The van der Waals surface area contributed by atoms with Crippen LogP contribution in [0.25, 0.3) is 10.9 Å². The second-order valence-electron chi connectivity index (χ2n) is 2.89. The lowest BCUT2D eigenvalue weighted by molar-refractivity contribution is 0.630. The smallest absolute Gasteiger partial charge is 0.142 e. The van der Waals surface area contributed by atoms with E-state index < -0.39 is 5.82 Å². The van der Waals surface area contributed by atoms with Gasteiger partial charge in [0.1, 0.15) is 11.6 Å². The highest BCUT2D eigenvalue weighted by Gasteiger charge is 2.09. The van der Waals surface area contributed by atoms with Gasteiger partial charge in [0.25, 0.3) is 0 Å². The van der Waals surface area contributed by atoms with Crippen molar-refractivity contribution in [3.8, 4) is 0 Å². The van der Waals surface area contributed by atoms with Crippen LogP contribution in [-0.4, -0.2) is 4.98 Å². The largest absolute Gasteiger partial charge is 0.398 e. The van der Waals surface area contributed by atoms with Gasteiger partial charge in [-0.2, -0.15) is 0 Å². The van der Waals surface area contributed by atoms with Crippen molar-refractivity contribution in [1.82, 2.24) is 4.98 Å². The van der Waals surface area contributed by atoms with Crippen LogP contribution in [0.15, 0.2) is 18.2 Å². The second-order valence-corrected chi connectivity index (χ2v) is 3.27. The maximum absolute atomic E-state index is 13.1. The Morgan fingerprint density at radius 1 is 1.29 bits per heavy atom. The minimum absolute atomic E-state index is 0.0208. The molecule has 0 amide bonds. The topological polar surface area (TPSA) is 64.9 Å². The van der Waals surface area contributed by atoms with Crippen molar-refractivity contribution < 1.29 is 4.39 Å². The summed E-state index contributed by atoms with van der Waals surface area (Å²) >= 11 is 5.75. The first-order valence-corrected chi connectivity index (χ1v) is 4.27. The van der Waals surface area contributed by atoms with Crippen molar-refractivity contribution >= 4 is 34.0 Å². The standard InChI is InChI=1S/C9H7ClFN3/c10-9-4(11)1-2-6-8(9)5(12)3-7(13)14-6/h1-3H,(H4,12,13,14). The van der Waals surface area contributed by atoms with Gasteiger partial charge in [0.15, 0.2) is 0 Å². The van der Waals surface area contributed by atoms with Crippen LogP contribution in [-0.2, 0) is 0 Å². The van der Waals surface area contributed by atoms with Gasteiger partial charge < -0.3 is 11.5 Å². The SMILES string of the molecule is Nc1cc(N)c2c(Cl)c(F)ccc2n1. The van der Waals surface area contributed by atoms with E-state index in [1.54, 1.807) is 0 Å². The lowest BCUT2D eigenvalue weighted by Gasteiger charge is -2.05. The molecule has 0 fully saturated rings. The Labute approximate surface area is 84.5 Å². The summed E-state index contributed by atoms with van der Waals surface area (Å²) in [5.41, 5.74) is 12.0. The molecule has 4 N–H and O–H groups in total. The molecule has 1 heterocycles. The van der Waals surface area contributed by atoms with E-state index in [-0.39, 0.29) is 10.8 Å². The molecule has 0 unspecified atom stereocenters. The van der Waals surface area contributed by atoms with E-state index in [1.807, 2.05) is 0 Å². The number of nitrogen functional groups attached to an aromatic ring is 2. The Balaban J connectivity index is 2.95. The second kappa shape index (κ2) is 2.99. The van der Waals surface area contributed by atoms with E-state index in [0.717, 1.165) is 0 Å². The lowest BCUT2D eigenvalue weighted by atomic mass is 10.2. The van der Waals surface area contributed by atoms with Gasteiger partial charge in [-0.3, -0.25) is 0 Å². The first-order valence-electron chi connectivity index (χ1n) is 3.89. The van der Waals surface area contributed by atoms with Crippen LogP contribution < -0.4 is 11.5 Å². The van der Waals surface area contributed by atoms with Gasteiger partial charge in [-0.1, -0.05) is 11.6 Å². The highest BCUT2D eigenvalue weighted by molar-refractivity contribution is 6.36. The quantitative estimate of drug-likeness (QED) is 0.702. The molecule has 1 aromatic carbocycles. The minimum Gasteiger partial charge on any atom is -0.398 e. The molecule has 72 valence electrons. The maximum Gasteiger partial charge on any atom is 0.142 e. The van der Waals surface area contributed by atoms with E-state index in [1.165, 1.54) is 18.2 Å². The van der Waals surface area contributed by atoms with E-state index >= 15 is 0 Å². The Morgan fingerprint density at radius 3 is 2.71 bits per heavy atom. The van der Waals surface area contributed by atoms with Crippen LogP contribution in [0.2, 0.25) is 5.02 Å². The fourth-order valence-corrected chi connectivity index (χ4v) is 1.58. The average Bonchev–Trinajstić information content (AvgIpc) is 2.10. The van der Waals surface area contributed by atoms with Crippen molar-refractivity contribution in [3.05, 3.63) is 29.0 Å². The number of aromatic nitrogens is 1. The number of halogens is 2. The summed E-state index contributed by atoms with van der Waals surface area (Å²) in [4.78, 5) is 3.99. The van der Waals surface area contributed by atoms with Crippen molar-refractivity contribution in [1.29, 1.82) is 0 Å². The molecule has 0 aliphatic heterocycles. The van der Waals surface area contributed by atoms with E-state index in [2.05, 4.69) is 4.98 Å². The summed E-state index contributed by atoms with van der Waals surface area (Å²) in [6.45, 7) is 0. The zero-order valence-electron chi connectivity index (χ0n) is 7.09. The van der Waals surface area contributed by atoms with Crippen molar-refractivity contribution in [2.75, 3.05) is 11.5 Å². The Kier molecular flexibility index (Phi) is 1.93. The molecule has 14 heavy (non-hydrogen) atoms. The summed E-state index contributed by atoms with van der Waals surface area (Å²) in [5.74, 6) is -0.227. The molecule has 2 rings (SSSR count). The molecule has 0 atom stereocenters. The summed E-state index contributed by atoms with van der Waals surface area (Å²) in [7, 11) is 0. The van der Waals surface area contributed by atoms with E-state index in [9.17, 15) is 4.39 Å². The van der Waals surface area contributed by atoms with Gasteiger partial charge in [-0.05, 0) is 12.1 Å². The predicted molar refractivity (Wildman–Crippen MR) is 55.5 cm³/mol. The molecule has 0 saturated carbocycles. The molecule has 0 spiro atoms. The van der Waals surface area contributed by atoms with Gasteiger partial charge in [-0.25, -0.2) is 9.37 Å². The molecule has 0 aliphatic rings. The van der Waals surface area contributed by atoms with Crippen LogP contribution in [0.1, 0.15) is 0 Å². The van der Waals surface area contributed by atoms with Crippen molar-refractivity contribution in [2.24, 2.45) is 0 Å². The maximum atomic E-state index is 13.1. The van der Waals surface area contributed by atoms with Gasteiger partial charge in [0, 0.05) is 17.1 Å². The van der Waals surface area contributed by atoms with Crippen molar-refractivity contribution in [3.63, 3.8) is 0 Å². The Bertz CT molecular complexity index is 513. The van der Waals surface area contributed by atoms with E-state index in [0.29, 0.717) is 16.6 Å². The highest BCUT2D eigenvalue weighted by Crippen LogP contribution is 2.30. The number of hydrogen-bond donors (Lipinski definition) is 2. The molecule has 0 saturated heterocycles. The summed E-state index contributed by atoms with van der Waals surface area (Å²) in [5, 5.41) is 0.383.